The molecule has 0 saturated carbocycles. The SMILES string of the molecule is CS(=O)(=O)c1ccc(C(=O)Cl)cc1F. The van der Waals surface area contributed by atoms with Gasteiger partial charge < -0.3 is 0 Å². The normalized spacial score (nSPS) is 11.4. The van der Waals surface area contributed by atoms with Crippen molar-refractivity contribution in [2.75, 3.05) is 6.26 Å². The number of rotatable bonds is 2. The Morgan fingerprint density at radius 2 is 2.00 bits per heavy atom. The van der Waals surface area contributed by atoms with E-state index < -0.39 is 25.8 Å². The Kier molecular flexibility index (Phi) is 2.92. The first-order chi connectivity index (χ1) is 6.32. The minimum atomic E-state index is -3.61. The molecule has 0 radical (unpaired) electrons. The highest BCUT2D eigenvalue weighted by atomic mass is 35.5. The van der Waals surface area contributed by atoms with Crippen LogP contribution in [0.5, 0.6) is 0 Å². The van der Waals surface area contributed by atoms with Crippen molar-refractivity contribution >= 4 is 26.7 Å². The number of carbonyl (C=O) groups excluding carboxylic acids is 1. The van der Waals surface area contributed by atoms with Crippen LogP contribution in [0.15, 0.2) is 23.1 Å². The van der Waals surface area contributed by atoms with E-state index >= 15 is 0 Å². The van der Waals surface area contributed by atoms with E-state index in [1.165, 1.54) is 0 Å². The lowest BCUT2D eigenvalue weighted by molar-refractivity contribution is 0.108. The molecule has 6 heteroatoms. The lowest BCUT2D eigenvalue weighted by atomic mass is 10.2. The molecule has 1 aromatic rings. The fourth-order valence-electron chi connectivity index (χ4n) is 0.924. The first-order valence-corrected chi connectivity index (χ1v) is 5.79. The van der Waals surface area contributed by atoms with E-state index in [0.717, 1.165) is 24.5 Å². The quantitative estimate of drug-likeness (QED) is 0.733. The van der Waals surface area contributed by atoms with Gasteiger partial charge in [-0.25, -0.2) is 12.8 Å². The number of benzene rings is 1. The molecule has 0 unspecified atom stereocenters. The number of sulfone groups is 1. The lowest BCUT2D eigenvalue weighted by Gasteiger charge is -2.00. The van der Waals surface area contributed by atoms with Crippen LogP contribution in [0.4, 0.5) is 4.39 Å². The summed E-state index contributed by atoms with van der Waals surface area (Å²) in [6.45, 7) is 0. The second kappa shape index (κ2) is 3.67. The topological polar surface area (TPSA) is 51.2 Å². The Bertz CT molecular complexity index is 481. The molecule has 3 nitrogen and oxygen atoms in total. The molecule has 1 rings (SSSR count). The molecule has 0 aromatic heterocycles. The zero-order chi connectivity index (χ0) is 10.9. The van der Waals surface area contributed by atoms with Crippen molar-refractivity contribution in [3.8, 4) is 0 Å². The molecule has 0 heterocycles. The molecule has 0 amide bonds. The van der Waals surface area contributed by atoms with Crippen molar-refractivity contribution in [1.29, 1.82) is 0 Å². The Balaban J connectivity index is 3.35. The summed E-state index contributed by atoms with van der Waals surface area (Å²) >= 11 is 5.09. The second-order valence-electron chi connectivity index (χ2n) is 2.69. The number of carbonyl (C=O) groups is 1. The highest BCUT2D eigenvalue weighted by Gasteiger charge is 2.15. The molecule has 76 valence electrons. The van der Waals surface area contributed by atoms with E-state index in [0.29, 0.717) is 0 Å². The van der Waals surface area contributed by atoms with E-state index in [1.807, 2.05) is 0 Å². The highest BCUT2D eigenvalue weighted by Crippen LogP contribution is 2.16. The fraction of sp³-hybridized carbons (Fsp3) is 0.125. The van der Waals surface area contributed by atoms with Crippen LogP contribution in [-0.4, -0.2) is 19.9 Å². The fourth-order valence-corrected chi connectivity index (χ4v) is 1.77. The van der Waals surface area contributed by atoms with Crippen molar-refractivity contribution in [3.63, 3.8) is 0 Å². The lowest BCUT2D eigenvalue weighted by Crippen LogP contribution is -2.02. The Morgan fingerprint density at radius 3 is 2.36 bits per heavy atom. The summed E-state index contributed by atoms with van der Waals surface area (Å²) in [5, 5.41) is -0.830. The Hall–Kier alpha value is -0.940. The molecule has 14 heavy (non-hydrogen) atoms. The van der Waals surface area contributed by atoms with E-state index in [-0.39, 0.29) is 5.56 Å². The predicted molar refractivity (Wildman–Crippen MR) is 49.7 cm³/mol. The summed E-state index contributed by atoms with van der Waals surface area (Å²) < 4.78 is 35.1. The van der Waals surface area contributed by atoms with Gasteiger partial charge in [-0.1, -0.05) is 0 Å². The van der Waals surface area contributed by atoms with Gasteiger partial charge >= 0.3 is 0 Å². The Morgan fingerprint density at radius 1 is 1.43 bits per heavy atom. The highest BCUT2D eigenvalue weighted by molar-refractivity contribution is 7.90. The largest absolute Gasteiger partial charge is 0.276 e. The third kappa shape index (κ3) is 2.30. The molecule has 0 fully saturated rings. The monoisotopic (exact) mass is 236 g/mol. The van der Waals surface area contributed by atoms with Gasteiger partial charge in [0, 0.05) is 11.8 Å². The van der Waals surface area contributed by atoms with Crippen molar-refractivity contribution in [2.45, 2.75) is 4.90 Å². The number of hydrogen-bond donors (Lipinski definition) is 0. The van der Waals surface area contributed by atoms with Gasteiger partial charge in [0.25, 0.3) is 5.24 Å². The van der Waals surface area contributed by atoms with Crippen molar-refractivity contribution in [1.82, 2.24) is 0 Å². The van der Waals surface area contributed by atoms with Gasteiger partial charge in [-0.05, 0) is 29.8 Å². The maximum Gasteiger partial charge on any atom is 0.252 e. The second-order valence-corrected chi connectivity index (χ2v) is 5.02. The summed E-state index contributed by atoms with van der Waals surface area (Å²) in [5.41, 5.74) is -0.0726. The molecule has 0 N–H and O–H groups in total. The van der Waals surface area contributed by atoms with E-state index in [9.17, 15) is 17.6 Å². The molecule has 0 aliphatic heterocycles. The van der Waals surface area contributed by atoms with Crippen molar-refractivity contribution in [3.05, 3.63) is 29.6 Å². The van der Waals surface area contributed by atoms with Crippen LogP contribution in [0, 0.1) is 5.82 Å². The van der Waals surface area contributed by atoms with Crippen LogP contribution in [-0.2, 0) is 9.84 Å². The zero-order valence-corrected chi connectivity index (χ0v) is 8.69. The van der Waals surface area contributed by atoms with Crippen LogP contribution in [0.25, 0.3) is 0 Å². The average molecular weight is 237 g/mol. The van der Waals surface area contributed by atoms with Gasteiger partial charge in [-0.3, -0.25) is 4.79 Å². The maximum absolute atomic E-state index is 13.1. The summed E-state index contributed by atoms with van der Waals surface area (Å²) in [5.74, 6) is -0.973. The molecular formula is C8H6ClFO3S. The molecule has 0 atom stereocenters. The first-order valence-electron chi connectivity index (χ1n) is 3.52. The smallest absolute Gasteiger partial charge is 0.252 e. The van der Waals surface area contributed by atoms with Gasteiger partial charge in [0.2, 0.25) is 0 Å². The summed E-state index contributed by atoms with van der Waals surface area (Å²) in [4.78, 5) is 10.2. The minimum Gasteiger partial charge on any atom is -0.276 e. The van der Waals surface area contributed by atoms with Crippen LogP contribution < -0.4 is 0 Å². The summed E-state index contributed by atoms with van der Waals surface area (Å²) in [7, 11) is -3.61. The van der Waals surface area contributed by atoms with Gasteiger partial charge in [-0.2, -0.15) is 0 Å². The average Bonchev–Trinajstić information content (AvgIpc) is 2.01. The number of hydrogen-bond acceptors (Lipinski definition) is 3. The molecule has 0 spiro atoms. The van der Waals surface area contributed by atoms with Crippen molar-refractivity contribution in [2.24, 2.45) is 0 Å². The number of halogens is 2. The maximum atomic E-state index is 13.1. The van der Waals surface area contributed by atoms with Gasteiger partial charge in [0.05, 0.1) is 0 Å². The van der Waals surface area contributed by atoms with Gasteiger partial charge in [-0.15, -0.1) is 0 Å². The molecule has 0 bridgehead atoms. The van der Waals surface area contributed by atoms with E-state index in [4.69, 9.17) is 11.6 Å². The van der Waals surface area contributed by atoms with Crippen molar-refractivity contribution < 1.29 is 17.6 Å². The standard InChI is InChI=1S/C8H6ClFO3S/c1-14(12,13)7-3-2-5(8(9)11)4-6(7)10/h2-4H,1H3. The third-order valence-electron chi connectivity index (χ3n) is 1.56. The minimum absolute atomic E-state index is 0.0726. The van der Waals surface area contributed by atoms with Gasteiger partial charge in [0.15, 0.2) is 9.84 Å². The summed E-state index contributed by atoms with van der Waals surface area (Å²) in [6.07, 6.45) is 0.883. The molecule has 0 aliphatic rings. The molecule has 0 aliphatic carbocycles. The van der Waals surface area contributed by atoms with Gasteiger partial charge in [0.1, 0.15) is 10.7 Å². The van der Waals surface area contributed by atoms with Crippen LogP contribution in [0.1, 0.15) is 10.4 Å². The molecule has 1 aromatic carbocycles. The van der Waals surface area contributed by atoms with Crippen LogP contribution in [0.3, 0.4) is 0 Å². The Labute approximate surface area is 85.4 Å². The predicted octanol–water partition coefficient (Wildman–Crippen LogP) is 1.61. The molecule has 0 saturated heterocycles. The third-order valence-corrected chi connectivity index (χ3v) is 2.91. The van der Waals surface area contributed by atoms with E-state index in [2.05, 4.69) is 0 Å². The molecular weight excluding hydrogens is 231 g/mol. The summed E-state index contributed by atoms with van der Waals surface area (Å²) in [6, 6.07) is 2.97. The zero-order valence-electron chi connectivity index (χ0n) is 7.12. The van der Waals surface area contributed by atoms with E-state index in [1.54, 1.807) is 0 Å². The first kappa shape index (κ1) is 11.1. The van der Waals surface area contributed by atoms with Crippen LogP contribution in [0.2, 0.25) is 0 Å². The van der Waals surface area contributed by atoms with Crippen LogP contribution >= 0.6 is 11.6 Å².